The number of para-hydroxylation sites is 2. The molecule has 0 amide bonds. The maximum Gasteiger partial charge on any atom is 0.161 e. The van der Waals surface area contributed by atoms with E-state index in [1.807, 2.05) is 24.3 Å². The van der Waals surface area contributed by atoms with Crippen LogP contribution in [0.5, 0.6) is 11.5 Å². The molecule has 0 bridgehead atoms. The van der Waals surface area contributed by atoms with Crippen LogP contribution in [-0.2, 0) is 0 Å². The first-order valence-electron chi connectivity index (χ1n) is 4.34. The number of nitrogens with two attached hydrogens (primary N) is 1. The molecule has 2 N–H and O–H groups in total. The van der Waals surface area contributed by atoms with Crippen LogP contribution in [-0.4, -0.2) is 20.3 Å². The summed E-state index contributed by atoms with van der Waals surface area (Å²) in [6.45, 7) is 1.28. The van der Waals surface area contributed by atoms with Crippen molar-refractivity contribution in [3.8, 4) is 11.5 Å². The lowest BCUT2D eigenvalue weighted by Crippen LogP contribution is -2.06. The molecule has 1 aromatic carbocycles. The quantitative estimate of drug-likeness (QED) is 0.766. The Hall–Kier alpha value is -0.930. The molecular formula is C10H16ClNO2. The first-order valence-corrected chi connectivity index (χ1v) is 4.34. The van der Waals surface area contributed by atoms with Crippen LogP contribution in [0.15, 0.2) is 24.3 Å². The standard InChI is InChI=1S/C10H15NO2.ClH/c1-12-9-5-2-3-6-10(9)13-8-4-7-11;/h2-3,5-6H,4,7-8,11H2,1H3;1H. The van der Waals surface area contributed by atoms with E-state index in [-0.39, 0.29) is 12.4 Å². The SMILES string of the molecule is COc1ccccc1OCCCN.Cl. The second kappa shape index (κ2) is 7.47. The number of benzene rings is 1. The van der Waals surface area contributed by atoms with E-state index in [9.17, 15) is 0 Å². The van der Waals surface area contributed by atoms with Crippen LogP contribution >= 0.6 is 12.4 Å². The van der Waals surface area contributed by atoms with E-state index in [0.717, 1.165) is 17.9 Å². The van der Waals surface area contributed by atoms with Crippen molar-refractivity contribution >= 4 is 12.4 Å². The zero-order valence-electron chi connectivity index (χ0n) is 8.23. The summed E-state index contributed by atoms with van der Waals surface area (Å²) in [6.07, 6.45) is 0.859. The van der Waals surface area contributed by atoms with Crippen LogP contribution in [0.1, 0.15) is 6.42 Å². The monoisotopic (exact) mass is 217 g/mol. The topological polar surface area (TPSA) is 44.5 Å². The van der Waals surface area contributed by atoms with Gasteiger partial charge in [0.1, 0.15) is 0 Å². The largest absolute Gasteiger partial charge is 0.493 e. The molecule has 0 radical (unpaired) electrons. The van der Waals surface area contributed by atoms with E-state index in [2.05, 4.69) is 0 Å². The molecule has 0 saturated carbocycles. The highest BCUT2D eigenvalue weighted by Crippen LogP contribution is 2.25. The molecule has 0 spiro atoms. The molecule has 80 valence electrons. The van der Waals surface area contributed by atoms with E-state index in [1.54, 1.807) is 7.11 Å². The summed E-state index contributed by atoms with van der Waals surface area (Å²) in [5, 5.41) is 0. The molecule has 0 unspecified atom stereocenters. The van der Waals surface area contributed by atoms with Gasteiger partial charge in [0.15, 0.2) is 11.5 Å². The fraction of sp³-hybridized carbons (Fsp3) is 0.400. The fourth-order valence-electron chi connectivity index (χ4n) is 1.00. The predicted molar refractivity (Wildman–Crippen MR) is 59.4 cm³/mol. The summed E-state index contributed by atoms with van der Waals surface area (Å²) in [6, 6.07) is 7.59. The summed E-state index contributed by atoms with van der Waals surface area (Å²) in [5.41, 5.74) is 5.35. The Morgan fingerprint density at radius 3 is 2.43 bits per heavy atom. The van der Waals surface area contributed by atoms with Crippen LogP contribution in [0.2, 0.25) is 0 Å². The van der Waals surface area contributed by atoms with E-state index in [1.165, 1.54) is 0 Å². The number of methoxy groups -OCH3 is 1. The molecule has 0 saturated heterocycles. The van der Waals surface area contributed by atoms with Gasteiger partial charge in [-0.05, 0) is 25.1 Å². The van der Waals surface area contributed by atoms with E-state index >= 15 is 0 Å². The van der Waals surface area contributed by atoms with Gasteiger partial charge >= 0.3 is 0 Å². The Bertz CT molecular complexity index is 256. The second-order valence-corrected chi connectivity index (χ2v) is 2.64. The number of halogens is 1. The molecule has 0 aliphatic heterocycles. The van der Waals surface area contributed by atoms with Gasteiger partial charge in [-0.25, -0.2) is 0 Å². The molecular weight excluding hydrogens is 202 g/mol. The number of hydrogen-bond donors (Lipinski definition) is 1. The number of hydrogen-bond acceptors (Lipinski definition) is 3. The molecule has 0 fully saturated rings. The molecule has 0 aliphatic carbocycles. The van der Waals surface area contributed by atoms with Gasteiger partial charge < -0.3 is 15.2 Å². The van der Waals surface area contributed by atoms with Crippen LogP contribution < -0.4 is 15.2 Å². The molecule has 0 aromatic heterocycles. The first-order chi connectivity index (χ1) is 6.38. The average Bonchev–Trinajstić information content (AvgIpc) is 2.19. The highest BCUT2D eigenvalue weighted by molar-refractivity contribution is 5.85. The lowest BCUT2D eigenvalue weighted by atomic mass is 10.3. The summed E-state index contributed by atoms with van der Waals surface area (Å²) < 4.78 is 10.6. The normalized spacial score (nSPS) is 9.00. The summed E-state index contributed by atoms with van der Waals surface area (Å²) in [5.74, 6) is 1.54. The van der Waals surface area contributed by atoms with Crippen molar-refractivity contribution < 1.29 is 9.47 Å². The molecule has 3 nitrogen and oxygen atoms in total. The van der Waals surface area contributed by atoms with Crippen LogP contribution in [0, 0.1) is 0 Å². The average molecular weight is 218 g/mol. The van der Waals surface area contributed by atoms with Crippen molar-refractivity contribution in [2.24, 2.45) is 5.73 Å². The third-order valence-corrected chi connectivity index (χ3v) is 1.68. The lowest BCUT2D eigenvalue weighted by molar-refractivity contribution is 0.291. The second-order valence-electron chi connectivity index (χ2n) is 2.64. The fourth-order valence-corrected chi connectivity index (χ4v) is 1.00. The minimum absolute atomic E-state index is 0. The molecule has 0 heterocycles. The van der Waals surface area contributed by atoms with Gasteiger partial charge in [-0.1, -0.05) is 12.1 Å². The third kappa shape index (κ3) is 3.85. The van der Waals surface area contributed by atoms with Crippen LogP contribution in [0.3, 0.4) is 0 Å². The molecule has 1 rings (SSSR count). The van der Waals surface area contributed by atoms with Crippen molar-refractivity contribution in [3.63, 3.8) is 0 Å². The van der Waals surface area contributed by atoms with E-state index in [4.69, 9.17) is 15.2 Å². The van der Waals surface area contributed by atoms with Crippen molar-refractivity contribution in [2.75, 3.05) is 20.3 Å². The van der Waals surface area contributed by atoms with Gasteiger partial charge in [-0.2, -0.15) is 0 Å². The first kappa shape index (κ1) is 13.1. The number of rotatable bonds is 5. The Balaban J connectivity index is 0.00000169. The van der Waals surface area contributed by atoms with Gasteiger partial charge in [0, 0.05) is 0 Å². The Morgan fingerprint density at radius 2 is 1.86 bits per heavy atom. The highest BCUT2D eigenvalue weighted by atomic mass is 35.5. The van der Waals surface area contributed by atoms with E-state index in [0.29, 0.717) is 13.2 Å². The van der Waals surface area contributed by atoms with Gasteiger partial charge in [0.2, 0.25) is 0 Å². The van der Waals surface area contributed by atoms with Crippen molar-refractivity contribution in [3.05, 3.63) is 24.3 Å². The molecule has 0 aliphatic rings. The summed E-state index contributed by atoms with van der Waals surface area (Å²) in [7, 11) is 1.63. The van der Waals surface area contributed by atoms with Gasteiger partial charge in [-0.3, -0.25) is 0 Å². The highest BCUT2D eigenvalue weighted by Gasteiger charge is 2.00. The molecule has 0 atom stereocenters. The predicted octanol–water partition coefficient (Wildman–Crippen LogP) is 1.84. The zero-order valence-corrected chi connectivity index (χ0v) is 9.05. The maximum atomic E-state index is 5.46. The summed E-state index contributed by atoms with van der Waals surface area (Å²) >= 11 is 0. The Morgan fingerprint density at radius 1 is 1.21 bits per heavy atom. The molecule has 14 heavy (non-hydrogen) atoms. The van der Waals surface area contributed by atoms with Crippen LogP contribution in [0.4, 0.5) is 0 Å². The summed E-state index contributed by atoms with van der Waals surface area (Å²) in [4.78, 5) is 0. The minimum atomic E-state index is 0. The Labute approximate surface area is 90.6 Å². The van der Waals surface area contributed by atoms with Gasteiger partial charge in [0.25, 0.3) is 0 Å². The lowest BCUT2D eigenvalue weighted by Gasteiger charge is -2.09. The number of ether oxygens (including phenoxy) is 2. The van der Waals surface area contributed by atoms with Crippen LogP contribution in [0.25, 0.3) is 0 Å². The Kier molecular flexibility index (Phi) is 6.98. The van der Waals surface area contributed by atoms with Crippen molar-refractivity contribution in [2.45, 2.75) is 6.42 Å². The third-order valence-electron chi connectivity index (χ3n) is 1.68. The van der Waals surface area contributed by atoms with Crippen molar-refractivity contribution in [1.82, 2.24) is 0 Å². The zero-order chi connectivity index (χ0) is 9.52. The smallest absolute Gasteiger partial charge is 0.161 e. The molecule has 1 aromatic rings. The maximum absolute atomic E-state index is 5.46. The van der Waals surface area contributed by atoms with Crippen molar-refractivity contribution in [1.29, 1.82) is 0 Å². The van der Waals surface area contributed by atoms with Gasteiger partial charge in [0.05, 0.1) is 13.7 Å². The molecule has 4 heteroatoms. The van der Waals surface area contributed by atoms with Gasteiger partial charge in [-0.15, -0.1) is 12.4 Å². The minimum Gasteiger partial charge on any atom is -0.493 e. The van der Waals surface area contributed by atoms with E-state index < -0.39 is 0 Å².